The fraction of sp³-hybridized carbons (Fsp3) is 0.300. The van der Waals surface area contributed by atoms with Crippen LogP contribution in [0, 0.1) is 0 Å². The second kappa shape index (κ2) is 6.40. The number of hydrogen-bond acceptors (Lipinski definition) is 4. The Bertz CT molecular complexity index is 305. The lowest BCUT2D eigenvalue weighted by Crippen LogP contribution is -2.37. The maximum atomic E-state index is 11.0. The van der Waals surface area contributed by atoms with E-state index in [0.29, 0.717) is 5.56 Å². The van der Waals surface area contributed by atoms with Gasteiger partial charge < -0.3 is 15.6 Å². The Kier molecular flexibility index (Phi) is 5.93. The van der Waals surface area contributed by atoms with Crippen molar-refractivity contribution in [2.45, 2.75) is 12.1 Å². The first-order valence-corrected chi connectivity index (χ1v) is 4.23. The predicted octanol–water partition coefficient (Wildman–Crippen LogP) is 0.642. The van der Waals surface area contributed by atoms with Gasteiger partial charge in [-0.25, -0.2) is 0 Å². The molecule has 0 spiro atoms. The number of carbonyl (C=O) groups excluding carboxylic acids is 1. The van der Waals surface area contributed by atoms with Gasteiger partial charge in [-0.2, -0.15) is 0 Å². The van der Waals surface area contributed by atoms with Crippen molar-refractivity contribution >= 4 is 18.4 Å². The predicted molar refractivity (Wildman–Crippen MR) is 58.6 cm³/mol. The van der Waals surface area contributed by atoms with Gasteiger partial charge in [0.25, 0.3) is 0 Å². The number of aliphatic hydroxyl groups is 1. The molecule has 5 heteroatoms. The second-order valence-electron chi connectivity index (χ2n) is 2.90. The van der Waals surface area contributed by atoms with Gasteiger partial charge in [-0.1, -0.05) is 30.3 Å². The molecule has 0 unspecified atom stereocenters. The normalized spacial score (nSPS) is 13.5. The van der Waals surface area contributed by atoms with Crippen molar-refractivity contribution in [2.24, 2.45) is 5.73 Å². The highest BCUT2D eigenvalue weighted by Gasteiger charge is 2.24. The van der Waals surface area contributed by atoms with Gasteiger partial charge in [-0.3, -0.25) is 4.79 Å². The molecular weight excluding hydrogens is 218 g/mol. The van der Waals surface area contributed by atoms with Crippen LogP contribution in [0.5, 0.6) is 0 Å². The molecule has 0 aliphatic rings. The molecule has 0 bridgehead atoms. The molecule has 1 aromatic rings. The van der Waals surface area contributed by atoms with Crippen LogP contribution in [0.3, 0.4) is 0 Å². The molecule has 0 aliphatic carbocycles. The lowest BCUT2D eigenvalue weighted by Gasteiger charge is -2.16. The molecule has 0 radical (unpaired) electrons. The summed E-state index contributed by atoms with van der Waals surface area (Å²) >= 11 is 0. The number of esters is 1. The van der Waals surface area contributed by atoms with Crippen molar-refractivity contribution in [1.29, 1.82) is 0 Å². The number of nitrogens with two attached hydrogens (primary N) is 1. The Morgan fingerprint density at radius 2 is 1.93 bits per heavy atom. The number of aliphatic hydroxyl groups excluding tert-OH is 1. The first kappa shape index (κ1) is 13.9. The van der Waals surface area contributed by atoms with Crippen molar-refractivity contribution in [3.63, 3.8) is 0 Å². The van der Waals surface area contributed by atoms with Crippen LogP contribution in [0.2, 0.25) is 0 Å². The molecule has 2 atom stereocenters. The minimum absolute atomic E-state index is 0. The molecule has 0 aliphatic heterocycles. The number of carbonyl (C=O) groups is 1. The monoisotopic (exact) mass is 231 g/mol. The summed E-state index contributed by atoms with van der Waals surface area (Å²) < 4.78 is 4.43. The Labute approximate surface area is 94.5 Å². The number of methoxy groups -OCH3 is 1. The minimum atomic E-state index is -1.04. The van der Waals surface area contributed by atoms with E-state index in [1.165, 1.54) is 7.11 Å². The molecule has 0 heterocycles. The average molecular weight is 232 g/mol. The van der Waals surface area contributed by atoms with Gasteiger partial charge in [-0.05, 0) is 5.56 Å². The minimum Gasteiger partial charge on any atom is -0.468 e. The summed E-state index contributed by atoms with van der Waals surface area (Å²) in [7, 11) is 1.24. The van der Waals surface area contributed by atoms with Crippen LogP contribution in [-0.2, 0) is 9.53 Å². The maximum absolute atomic E-state index is 11.0. The van der Waals surface area contributed by atoms with E-state index in [4.69, 9.17) is 5.73 Å². The van der Waals surface area contributed by atoms with Crippen LogP contribution < -0.4 is 5.73 Å². The van der Waals surface area contributed by atoms with Gasteiger partial charge in [0.05, 0.1) is 7.11 Å². The molecule has 4 nitrogen and oxygen atoms in total. The highest BCUT2D eigenvalue weighted by Crippen LogP contribution is 2.15. The van der Waals surface area contributed by atoms with E-state index >= 15 is 0 Å². The summed E-state index contributed by atoms with van der Waals surface area (Å²) in [5, 5.41) is 9.66. The number of rotatable bonds is 3. The molecule has 84 valence electrons. The Morgan fingerprint density at radius 3 is 2.40 bits per heavy atom. The molecule has 0 saturated carbocycles. The standard InChI is InChI=1S/C10H13NO3.ClH/c1-14-10(13)8(11)9(12)7-5-3-2-4-6-7;/h2-6,8-9,12H,11H2,1H3;1H/t8-,9-;/m0./s1. The zero-order valence-electron chi connectivity index (χ0n) is 8.29. The van der Waals surface area contributed by atoms with E-state index in [1.807, 2.05) is 6.07 Å². The molecule has 1 rings (SSSR count). The Balaban J connectivity index is 0.00000196. The summed E-state index contributed by atoms with van der Waals surface area (Å²) in [5.74, 6) is -0.624. The molecule has 3 N–H and O–H groups in total. The topological polar surface area (TPSA) is 72.5 Å². The van der Waals surface area contributed by atoms with Gasteiger partial charge in [-0.15, -0.1) is 12.4 Å². The van der Waals surface area contributed by atoms with Crippen molar-refractivity contribution < 1.29 is 14.6 Å². The van der Waals surface area contributed by atoms with Gasteiger partial charge >= 0.3 is 5.97 Å². The van der Waals surface area contributed by atoms with E-state index in [1.54, 1.807) is 24.3 Å². The number of hydrogen-bond donors (Lipinski definition) is 2. The van der Waals surface area contributed by atoms with Crippen LogP contribution in [0.15, 0.2) is 30.3 Å². The molecule has 1 aromatic carbocycles. The van der Waals surface area contributed by atoms with Crippen LogP contribution in [-0.4, -0.2) is 24.2 Å². The van der Waals surface area contributed by atoms with E-state index in [9.17, 15) is 9.90 Å². The molecule has 0 aromatic heterocycles. The first-order chi connectivity index (χ1) is 6.66. The highest BCUT2D eigenvalue weighted by atomic mass is 35.5. The van der Waals surface area contributed by atoms with Crippen LogP contribution in [0.1, 0.15) is 11.7 Å². The lowest BCUT2D eigenvalue weighted by molar-refractivity contribution is -0.145. The first-order valence-electron chi connectivity index (χ1n) is 4.23. The third-order valence-corrected chi connectivity index (χ3v) is 1.95. The van der Waals surface area contributed by atoms with Gasteiger partial charge in [0.2, 0.25) is 0 Å². The van der Waals surface area contributed by atoms with E-state index in [2.05, 4.69) is 4.74 Å². The summed E-state index contributed by atoms with van der Waals surface area (Å²) in [6.45, 7) is 0. The van der Waals surface area contributed by atoms with E-state index in [-0.39, 0.29) is 12.4 Å². The van der Waals surface area contributed by atoms with Crippen LogP contribution in [0.25, 0.3) is 0 Å². The van der Waals surface area contributed by atoms with E-state index < -0.39 is 18.1 Å². The average Bonchev–Trinajstić information content (AvgIpc) is 2.27. The van der Waals surface area contributed by atoms with Crippen molar-refractivity contribution in [2.75, 3.05) is 7.11 Å². The fourth-order valence-electron chi connectivity index (χ4n) is 1.12. The fourth-order valence-corrected chi connectivity index (χ4v) is 1.12. The van der Waals surface area contributed by atoms with E-state index in [0.717, 1.165) is 0 Å². The second-order valence-corrected chi connectivity index (χ2v) is 2.90. The third kappa shape index (κ3) is 3.51. The molecule has 15 heavy (non-hydrogen) atoms. The molecule has 0 fully saturated rings. The summed E-state index contributed by atoms with van der Waals surface area (Å²) in [6, 6.07) is 7.72. The summed E-state index contributed by atoms with van der Waals surface area (Å²) in [4.78, 5) is 11.0. The maximum Gasteiger partial charge on any atom is 0.325 e. The molecule has 0 saturated heterocycles. The van der Waals surface area contributed by atoms with Gasteiger partial charge in [0.1, 0.15) is 12.1 Å². The summed E-state index contributed by atoms with van der Waals surface area (Å²) in [6.07, 6.45) is -1.02. The smallest absolute Gasteiger partial charge is 0.325 e. The SMILES string of the molecule is COC(=O)[C@@H](N)[C@@H](O)c1ccccc1.Cl. The van der Waals surface area contributed by atoms with Crippen LogP contribution in [0.4, 0.5) is 0 Å². The Morgan fingerprint density at radius 1 is 1.40 bits per heavy atom. The van der Waals surface area contributed by atoms with Crippen molar-refractivity contribution in [1.82, 2.24) is 0 Å². The number of ether oxygens (including phenoxy) is 1. The van der Waals surface area contributed by atoms with Crippen molar-refractivity contribution in [3.05, 3.63) is 35.9 Å². The van der Waals surface area contributed by atoms with Crippen molar-refractivity contribution in [3.8, 4) is 0 Å². The quantitative estimate of drug-likeness (QED) is 0.749. The zero-order valence-corrected chi connectivity index (χ0v) is 9.11. The zero-order chi connectivity index (χ0) is 10.6. The number of halogens is 1. The van der Waals surface area contributed by atoms with Gasteiger partial charge in [0.15, 0.2) is 0 Å². The highest BCUT2D eigenvalue weighted by molar-refractivity contribution is 5.85. The third-order valence-electron chi connectivity index (χ3n) is 1.95. The Hall–Kier alpha value is -1.10. The largest absolute Gasteiger partial charge is 0.468 e. The number of benzene rings is 1. The lowest BCUT2D eigenvalue weighted by atomic mass is 10.0. The van der Waals surface area contributed by atoms with Crippen LogP contribution >= 0.6 is 12.4 Å². The van der Waals surface area contributed by atoms with Gasteiger partial charge in [0, 0.05) is 0 Å². The molecular formula is C10H14ClNO3. The molecule has 0 amide bonds. The summed E-state index contributed by atoms with van der Waals surface area (Å²) in [5.41, 5.74) is 6.08.